The number of carbonyl (C=O) groups excluding carboxylic acids is 2. The topological polar surface area (TPSA) is 88.5 Å². The Labute approximate surface area is 232 Å². The molecule has 39 heavy (non-hydrogen) atoms. The highest BCUT2D eigenvalue weighted by Gasteiger charge is 2.46. The molecule has 0 aliphatic carbocycles. The number of hydrogen-bond acceptors (Lipinski definition) is 7. The van der Waals surface area contributed by atoms with E-state index in [-0.39, 0.29) is 11.3 Å². The average Bonchev–Trinajstić information content (AvgIpc) is 3.21. The van der Waals surface area contributed by atoms with Crippen LogP contribution in [0.15, 0.2) is 48.0 Å². The number of Topliss-reactive ketones (excluding diaryl/α,β-unsaturated/α-hetero) is 1. The first kappa shape index (κ1) is 30.0. The van der Waals surface area contributed by atoms with Crippen LogP contribution in [0.3, 0.4) is 0 Å². The van der Waals surface area contributed by atoms with Crippen molar-refractivity contribution in [1.82, 2.24) is 9.80 Å². The zero-order valence-corrected chi connectivity index (χ0v) is 23.9. The summed E-state index contributed by atoms with van der Waals surface area (Å²) in [7, 11) is 0. The van der Waals surface area contributed by atoms with Gasteiger partial charge in [0.05, 0.1) is 31.4 Å². The third-order valence-electron chi connectivity index (χ3n) is 6.74. The van der Waals surface area contributed by atoms with Gasteiger partial charge < -0.3 is 29.1 Å². The molecule has 2 aromatic carbocycles. The van der Waals surface area contributed by atoms with Crippen molar-refractivity contribution in [3.63, 3.8) is 0 Å². The second kappa shape index (κ2) is 14.6. The Morgan fingerprint density at radius 3 is 2.15 bits per heavy atom. The van der Waals surface area contributed by atoms with Gasteiger partial charge in [0.2, 0.25) is 0 Å². The number of carbonyl (C=O) groups is 2. The standard InChI is InChI=1S/C31H42N2O6/c1-6-19-38-24-14-11-22(12-15-24)29(34)27-28(33(31(36)30(27)35)18-17-32(8-3)9-4)23-13-16-25(39-20-7-2)26(21-23)37-10-5/h11-16,21,28,34H,6-10,17-20H2,1-5H3/b29-27+. The predicted molar refractivity (Wildman–Crippen MR) is 152 cm³/mol. The molecule has 1 heterocycles. The number of aliphatic hydroxyl groups is 1. The maximum Gasteiger partial charge on any atom is 0.295 e. The maximum absolute atomic E-state index is 13.4. The second-order valence-electron chi connectivity index (χ2n) is 9.38. The van der Waals surface area contributed by atoms with Gasteiger partial charge in [-0.3, -0.25) is 9.59 Å². The molecule has 0 bridgehead atoms. The number of ketones is 1. The molecule has 212 valence electrons. The minimum atomic E-state index is -0.768. The van der Waals surface area contributed by atoms with Crippen molar-refractivity contribution in [3.05, 3.63) is 59.2 Å². The Balaban J connectivity index is 2.10. The van der Waals surface area contributed by atoms with Crippen molar-refractivity contribution in [2.75, 3.05) is 46.0 Å². The molecule has 3 rings (SSSR count). The summed E-state index contributed by atoms with van der Waals surface area (Å²) in [5, 5.41) is 11.4. The van der Waals surface area contributed by atoms with Crippen LogP contribution in [0.2, 0.25) is 0 Å². The van der Waals surface area contributed by atoms with Crippen LogP contribution < -0.4 is 14.2 Å². The molecule has 1 amide bonds. The van der Waals surface area contributed by atoms with E-state index in [2.05, 4.69) is 18.7 Å². The predicted octanol–water partition coefficient (Wildman–Crippen LogP) is 5.43. The van der Waals surface area contributed by atoms with Gasteiger partial charge in [0.25, 0.3) is 11.7 Å². The number of aliphatic hydroxyl groups excluding tert-OH is 1. The van der Waals surface area contributed by atoms with Gasteiger partial charge in [0, 0.05) is 18.7 Å². The van der Waals surface area contributed by atoms with Crippen LogP contribution in [0.25, 0.3) is 5.76 Å². The van der Waals surface area contributed by atoms with Crippen LogP contribution in [-0.2, 0) is 9.59 Å². The van der Waals surface area contributed by atoms with Gasteiger partial charge in [0.1, 0.15) is 11.5 Å². The molecular weight excluding hydrogens is 496 g/mol. The molecule has 1 saturated heterocycles. The highest BCUT2D eigenvalue weighted by Crippen LogP contribution is 2.42. The molecule has 2 aromatic rings. The zero-order valence-electron chi connectivity index (χ0n) is 23.9. The first-order chi connectivity index (χ1) is 18.9. The van der Waals surface area contributed by atoms with Gasteiger partial charge in [-0.2, -0.15) is 0 Å². The average molecular weight is 539 g/mol. The van der Waals surface area contributed by atoms with Crippen LogP contribution in [0, 0.1) is 0 Å². The highest BCUT2D eigenvalue weighted by molar-refractivity contribution is 6.46. The van der Waals surface area contributed by atoms with Crippen LogP contribution in [-0.4, -0.2) is 72.6 Å². The van der Waals surface area contributed by atoms with Gasteiger partial charge in [-0.25, -0.2) is 0 Å². The van der Waals surface area contributed by atoms with E-state index >= 15 is 0 Å². The SMILES string of the molecule is CCCOc1ccc(/C(O)=C2\C(=O)C(=O)N(CCN(CC)CC)C2c2ccc(OCCC)c(OCC)c2)cc1. The lowest BCUT2D eigenvalue weighted by atomic mass is 9.95. The Morgan fingerprint density at radius 2 is 1.54 bits per heavy atom. The van der Waals surface area contributed by atoms with E-state index in [1.807, 2.05) is 32.9 Å². The number of likely N-dealkylation sites (tertiary alicyclic amines) is 1. The van der Waals surface area contributed by atoms with E-state index in [1.54, 1.807) is 35.2 Å². The van der Waals surface area contributed by atoms with E-state index in [0.29, 0.717) is 61.3 Å². The lowest BCUT2D eigenvalue weighted by Gasteiger charge is -2.28. The lowest BCUT2D eigenvalue weighted by molar-refractivity contribution is -0.140. The number of benzene rings is 2. The van der Waals surface area contributed by atoms with Crippen molar-refractivity contribution < 1.29 is 28.9 Å². The van der Waals surface area contributed by atoms with E-state index in [9.17, 15) is 14.7 Å². The quantitative estimate of drug-likeness (QED) is 0.184. The molecule has 0 aromatic heterocycles. The Hall–Kier alpha value is -3.52. The molecule has 1 fully saturated rings. The largest absolute Gasteiger partial charge is 0.507 e. The minimum Gasteiger partial charge on any atom is -0.507 e. The third kappa shape index (κ3) is 7.12. The normalized spacial score (nSPS) is 16.7. The fourth-order valence-electron chi connectivity index (χ4n) is 4.62. The second-order valence-corrected chi connectivity index (χ2v) is 9.38. The smallest absolute Gasteiger partial charge is 0.295 e. The minimum absolute atomic E-state index is 0.0615. The van der Waals surface area contributed by atoms with E-state index < -0.39 is 17.7 Å². The summed E-state index contributed by atoms with van der Waals surface area (Å²) in [6.45, 7) is 14.2. The summed E-state index contributed by atoms with van der Waals surface area (Å²) >= 11 is 0. The van der Waals surface area contributed by atoms with Crippen molar-refractivity contribution in [2.24, 2.45) is 0 Å². The van der Waals surface area contributed by atoms with Crippen molar-refractivity contribution >= 4 is 17.4 Å². The summed E-state index contributed by atoms with van der Waals surface area (Å²) in [4.78, 5) is 30.5. The first-order valence-electron chi connectivity index (χ1n) is 14.0. The van der Waals surface area contributed by atoms with Gasteiger partial charge in [-0.15, -0.1) is 0 Å². The van der Waals surface area contributed by atoms with Gasteiger partial charge in [-0.05, 0) is 74.8 Å². The fourth-order valence-corrected chi connectivity index (χ4v) is 4.62. The molecule has 0 radical (unpaired) electrons. The van der Waals surface area contributed by atoms with Crippen LogP contribution >= 0.6 is 0 Å². The number of nitrogens with zero attached hydrogens (tertiary/aromatic N) is 2. The summed E-state index contributed by atoms with van der Waals surface area (Å²) in [6.07, 6.45) is 1.73. The molecule has 8 heteroatoms. The molecular formula is C31H42N2O6. The molecule has 1 atom stereocenters. The number of hydrogen-bond donors (Lipinski definition) is 1. The van der Waals surface area contributed by atoms with Crippen LogP contribution in [0.1, 0.15) is 64.6 Å². The molecule has 1 aliphatic heterocycles. The molecule has 0 spiro atoms. The van der Waals surface area contributed by atoms with Crippen molar-refractivity contribution in [2.45, 2.75) is 53.5 Å². The highest BCUT2D eigenvalue weighted by atomic mass is 16.5. The Morgan fingerprint density at radius 1 is 0.872 bits per heavy atom. The molecule has 1 unspecified atom stereocenters. The summed E-state index contributed by atoms with van der Waals surface area (Å²) in [5.74, 6) is 0.276. The monoisotopic (exact) mass is 538 g/mol. The number of ether oxygens (including phenoxy) is 3. The first-order valence-corrected chi connectivity index (χ1v) is 14.0. The fraction of sp³-hybridized carbons (Fsp3) is 0.484. The van der Waals surface area contributed by atoms with Gasteiger partial charge in [-0.1, -0.05) is 33.8 Å². The van der Waals surface area contributed by atoms with Crippen molar-refractivity contribution in [1.29, 1.82) is 0 Å². The van der Waals surface area contributed by atoms with Gasteiger partial charge in [0.15, 0.2) is 11.5 Å². The van der Waals surface area contributed by atoms with E-state index in [1.165, 1.54) is 0 Å². The molecule has 8 nitrogen and oxygen atoms in total. The summed E-state index contributed by atoms with van der Waals surface area (Å²) in [5.41, 5.74) is 1.18. The van der Waals surface area contributed by atoms with E-state index in [0.717, 1.165) is 25.9 Å². The van der Waals surface area contributed by atoms with Gasteiger partial charge >= 0.3 is 0 Å². The Kier molecular flexibility index (Phi) is 11.2. The Bertz CT molecular complexity index is 1140. The van der Waals surface area contributed by atoms with E-state index in [4.69, 9.17) is 14.2 Å². The number of rotatable bonds is 15. The third-order valence-corrected chi connectivity index (χ3v) is 6.74. The van der Waals surface area contributed by atoms with Crippen LogP contribution in [0.4, 0.5) is 0 Å². The number of amides is 1. The van der Waals surface area contributed by atoms with Crippen LogP contribution in [0.5, 0.6) is 17.2 Å². The molecule has 1 aliphatic rings. The zero-order chi connectivity index (χ0) is 28.4. The summed E-state index contributed by atoms with van der Waals surface area (Å²) in [6, 6.07) is 11.6. The maximum atomic E-state index is 13.4. The lowest BCUT2D eigenvalue weighted by Crippen LogP contribution is -2.38. The number of likely N-dealkylation sites (N-methyl/N-ethyl adjacent to an activating group) is 1. The summed E-state index contributed by atoms with van der Waals surface area (Å²) < 4.78 is 17.4. The van der Waals surface area contributed by atoms with Crippen molar-refractivity contribution in [3.8, 4) is 17.2 Å². The molecule has 0 saturated carbocycles. The molecule has 1 N–H and O–H groups in total.